The van der Waals surface area contributed by atoms with Gasteiger partial charge in [0, 0.05) is 38.7 Å². The molecule has 0 radical (unpaired) electrons. The van der Waals surface area contributed by atoms with Crippen molar-refractivity contribution in [3.63, 3.8) is 0 Å². The molecule has 0 fully saturated rings. The molecule has 0 spiro atoms. The minimum absolute atomic E-state index is 0.704. The lowest BCUT2D eigenvalue weighted by atomic mass is 10.2. The average molecular weight is 349 g/mol. The van der Waals surface area contributed by atoms with E-state index in [1.807, 2.05) is 48.7 Å². The van der Waals surface area contributed by atoms with E-state index in [4.69, 9.17) is 11.6 Å². The Morgan fingerprint density at radius 3 is 2.60 bits per heavy atom. The Balaban J connectivity index is 2.07. The van der Waals surface area contributed by atoms with Gasteiger partial charge in [0.1, 0.15) is 0 Å². The molecule has 100 valence electrons. The van der Waals surface area contributed by atoms with E-state index in [1.165, 1.54) is 0 Å². The van der Waals surface area contributed by atoms with E-state index in [2.05, 4.69) is 20.5 Å². The second-order valence-electron chi connectivity index (χ2n) is 4.62. The minimum atomic E-state index is 0.704. The van der Waals surface area contributed by atoms with E-state index in [1.54, 1.807) is 0 Å². The maximum atomic E-state index is 11.2. The summed E-state index contributed by atoms with van der Waals surface area (Å²) in [5, 5.41) is 1.69. The van der Waals surface area contributed by atoms with Crippen LogP contribution in [0.1, 0.15) is 15.9 Å². The Hall–Kier alpha value is -1.58. The molecule has 0 saturated heterocycles. The zero-order valence-electron chi connectivity index (χ0n) is 10.5. The number of carbonyl (C=O) groups excluding carboxylic acids is 1. The molecule has 0 aliphatic rings. The van der Waals surface area contributed by atoms with Gasteiger partial charge in [-0.05, 0) is 35.9 Å². The Labute approximate surface area is 130 Å². The lowest BCUT2D eigenvalue weighted by Crippen LogP contribution is -1.97. The number of rotatable bonds is 3. The summed E-state index contributed by atoms with van der Waals surface area (Å²) in [4.78, 5) is 11.2. The van der Waals surface area contributed by atoms with Gasteiger partial charge >= 0.3 is 0 Å². The third-order valence-corrected chi connectivity index (χ3v) is 4.01. The van der Waals surface area contributed by atoms with E-state index in [0.29, 0.717) is 12.1 Å². The number of hydrogen-bond acceptors (Lipinski definition) is 1. The van der Waals surface area contributed by atoms with Crippen LogP contribution >= 0.6 is 27.5 Å². The molecule has 2 aromatic carbocycles. The lowest BCUT2D eigenvalue weighted by Gasteiger charge is -2.06. The number of fused-ring (bicyclic) bond motifs is 1. The van der Waals surface area contributed by atoms with Crippen LogP contribution in [0.25, 0.3) is 10.9 Å². The highest BCUT2D eigenvalue weighted by Crippen LogP contribution is 2.25. The van der Waals surface area contributed by atoms with Crippen molar-refractivity contribution in [2.24, 2.45) is 0 Å². The third-order valence-electron chi connectivity index (χ3n) is 3.27. The largest absolute Gasteiger partial charge is 0.342 e. The summed E-state index contributed by atoms with van der Waals surface area (Å²) in [6.45, 7) is 0.711. The van der Waals surface area contributed by atoms with Crippen molar-refractivity contribution in [2.45, 2.75) is 6.54 Å². The fraction of sp³-hybridized carbons (Fsp3) is 0.0625. The molecule has 0 saturated carbocycles. The molecule has 0 aliphatic heterocycles. The first-order valence-electron chi connectivity index (χ1n) is 6.15. The predicted molar refractivity (Wildman–Crippen MR) is 85.6 cm³/mol. The van der Waals surface area contributed by atoms with Gasteiger partial charge in [-0.1, -0.05) is 39.7 Å². The molecule has 0 aliphatic carbocycles. The molecule has 20 heavy (non-hydrogen) atoms. The van der Waals surface area contributed by atoms with Crippen LogP contribution < -0.4 is 0 Å². The van der Waals surface area contributed by atoms with Gasteiger partial charge < -0.3 is 4.57 Å². The second-order valence-corrected chi connectivity index (χ2v) is 5.97. The molecule has 0 amide bonds. The zero-order chi connectivity index (χ0) is 14.1. The summed E-state index contributed by atoms with van der Waals surface area (Å²) >= 11 is 9.34. The quantitative estimate of drug-likeness (QED) is 0.616. The monoisotopic (exact) mass is 347 g/mol. The fourth-order valence-electron chi connectivity index (χ4n) is 2.31. The second kappa shape index (κ2) is 5.43. The Kier molecular flexibility index (Phi) is 3.64. The lowest BCUT2D eigenvalue weighted by molar-refractivity contribution is 0.112. The highest BCUT2D eigenvalue weighted by Gasteiger charge is 2.08. The van der Waals surface area contributed by atoms with Crippen molar-refractivity contribution < 1.29 is 4.79 Å². The molecule has 0 N–H and O–H groups in total. The first kappa shape index (κ1) is 13.4. The molecule has 1 heterocycles. The van der Waals surface area contributed by atoms with Gasteiger partial charge in [0.05, 0.1) is 0 Å². The molecule has 2 nitrogen and oxygen atoms in total. The first-order valence-corrected chi connectivity index (χ1v) is 7.32. The van der Waals surface area contributed by atoms with E-state index >= 15 is 0 Å². The topological polar surface area (TPSA) is 22.0 Å². The van der Waals surface area contributed by atoms with Crippen molar-refractivity contribution in [1.29, 1.82) is 0 Å². The van der Waals surface area contributed by atoms with Crippen LogP contribution in [-0.4, -0.2) is 10.9 Å². The molecule has 0 atom stereocenters. The van der Waals surface area contributed by atoms with E-state index in [-0.39, 0.29) is 0 Å². The number of aromatic nitrogens is 1. The molecule has 3 rings (SSSR count). The van der Waals surface area contributed by atoms with E-state index in [0.717, 1.165) is 32.2 Å². The third kappa shape index (κ3) is 2.51. The number of carbonyl (C=O) groups is 1. The van der Waals surface area contributed by atoms with Crippen LogP contribution in [0.4, 0.5) is 0 Å². The number of nitrogens with zero attached hydrogens (tertiary/aromatic N) is 1. The summed E-state index contributed by atoms with van der Waals surface area (Å²) in [5.74, 6) is 0. The van der Waals surface area contributed by atoms with Crippen molar-refractivity contribution in [2.75, 3.05) is 0 Å². The summed E-state index contributed by atoms with van der Waals surface area (Å²) in [7, 11) is 0. The van der Waals surface area contributed by atoms with Crippen LogP contribution in [0, 0.1) is 0 Å². The summed E-state index contributed by atoms with van der Waals surface area (Å²) in [6, 6.07) is 13.7. The van der Waals surface area contributed by atoms with Gasteiger partial charge in [-0.3, -0.25) is 4.79 Å². The number of hydrogen-bond donors (Lipinski definition) is 0. The smallest absolute Gasteiger partial charge is 0.152 e. The summed E-state index contributed by atoms with van der Waals surface area (Å²) in [5.41, 5.74) is 2.90. The van der Waals surface area contributed by atoms with Crippen LogP contribution in [0.15, 0.2) is 53.1 Å². The van der Waals surface area contributed by atoms with Crippen molar-refractivity contribution in [1.82, 2.24) is 4.57 Å². The van der Waals surface area contributed by atoms with Crippen LogP contribution in [0.2, 0.25) is 5.02 Å². The molecule has 0 unspecified atom stereocenters. The van der Waals surface area contributed by atoms with Crippen LogP contribution in [0.3, 0.4) is 0 Å². The normalized spacial score (nSPS) is 10.9. The highest BCUT2D eigenvalue weighted by molar-refractivity contribution is 9.10. The first-order chi connectivity index (χ1) is 9.67. The van der Waals surface area contributed by atoms with Gasteiger partial charge in [-0.25, -0.2) is 0 Å². The average Bonchev–Trinajstić information content (AvgIpc) is 2.78. The van der Waals surface area contributed by atoms with Gasteiger partial charge in [0.2, 0.25) is 0 Å². The Morgan fingerprint density at radius 2 is 1.90 bits per heavy atom. The van der Waals surface area contributed by atoms with Crippen molar-refractivity contribution in [3.8, 4) is 0 Å². The molecular weight excluding hydrogens is 338 g/mol. The molecule has 3 aromatic rings. The van der Waals surface area contributed by atoms with E-state index in [9.17, 15) is 4.79 Å². The molecule has 1 aromatic heterocycles. The number of benzene rings is 2. The number of halogens is 2. The Morgan fingerprint density at radius 1 is 1.15 bits per heavy atom. The van der Waals surface area contributed by atoms with Gasteiger partial charge in [0.15, 0.2) is 6.29 Å². The van der Waals surface area contributed by atoms with Crippen LogP contribution in [0.5, 0.6) is 0 Å². The SMILES string of the molecule is O=Cc1cn(Cc2ccc(Cl)cc2)c2ccc(Br)cc12. The van der Waals surface area contributed by atoms with Gasteiger partial charge in [-0.15, -0.1) is 0 Å². The molecule has 0 bridgehead atoms. The predicted octanol–water partition coefficient (Wildman–Crippen LogP) is 4.92. The van der Waals surface area contributed by atoms with E-state index < -0.39 is 0 Å². The van der Waals surface area contributed by atoms with Gasteiger partial charge in [-0.2, -0.15) is 0 Å². The maximum Gasteiger partial charge on any atom is 0.152 e. The standard InChI is InChI=1S/C16H11BrClNO/c17-13-3-6-16-15(7-13)12(10-20)9-19(16)8-11-1-4-14(18)5-2-11/h1-7,9-10H,8H2. The molecule has 4 heteroatoms. The zero-order valence-corrected chi connectivity index (χ0v) is 12.9. The summed E-state index contributed by atoms with van der Waals surface area (Å²) in [6.07, 6.45) is 2.78. The highest BCUT2D eigenvalue weighted by atomic mass is 79.9. The van der Waals surface area contributed by atoms with Crippen molar-refractivity contribution in [3.05, 3.63) is 69.3 Å². The minimum Gasteiger partial charge on any atom is -0.342 e. The van der Waals surface area contributed by atoms with Crippen LogP contribution in [-0.2, 0) is 6.54 Å². The Bertz CT molecular complexity index is 777. The molecular formula is C16H11BrClNO. The summed E-state index contributed by atoms with van der Waals surface area (Å²) < 4.78 is 3.05. The van der Waals surface area contributed by atoms with Gasteiger partial charge in [0.25, 0.3) is 0 Å². The fourth-order valence-corrected chi connectivity index (χ4v) is 2.80. The number of aldehydes is 1. The maximum absolute atomic E-state index is 11.2. The van der Waals surface area contributed by atoms with Crippen molar-refractivity contribution >= 4 is 44.7 Å².